The monoisotopic (exact) mass is 422 g/mol. The zero-order valence-corrected chi connectivity index (χ0v) is 17.5. The van der Waals surface area contributed by atoms with Gasteiger partial charge in [-0.05, 0) is 30.7 Å². The lowest BCUT2D eigenvalue weighted by atomic mass is 10.1. The van der Waals surface area contributed by atoms with Crippen molar-refractivity contribution in [2.24, 2.45) is 0 Å². The molecule has 1 fully saturated rings. The van der Waals surface area contributed by atoms with Crippen molar-refractivity contribution in [1.29, 1.82) is 0 Å². The van der Waals surface area contributed by atoms with Crippen LogP contribution in [-0.2, 0) is 21.3 Å². The van der Waals surface area contributed by atoms with E-state index in [2.05, 4.69) is 0 Å². The molecule has 0 radical (unpaired) electrons. The van der Waals surface area contributed by atoms with Crippen LogP contribution < -0.4 is 0 Å². The summed E-state index contributed by atoms with van der Waals surface area (Å²) in [6.45, 7) is 3.65. The van der Waals surface area contributed by atoms with Gasteiger partial charge in [0.2, 0.25) is 10.0 Å². The summed E-state index contributed by atoms with van der Waals surface area (Å²) in [6.07, 6.45) is 0. The molecule has 1 heterocycles. The van der Waals surface area contributed by atoms with Crippen LogP contribution in [0.4, 0.5) is 0 Å². The van der Waals surface area contributed by atoms with Gasteiger partial charge < -0.3 is 9.64 Å². The summed E-state index contributed by atoms with van der Waals surface area (Å²) in [5.41, 5.74) is 2.43. The van der Waals surface area contributed by atoms with E-state index < -0.39 is 10.0 Å². The zero-order valence-electron chi connectivity index (χ0n) is 15.9. The van der Waals surface area contributed by atoms with Gasteiger partial charge in [0.15, 0.2) is 0 Å². The minimum Gasteiger partial charge on any atom is -0.379 e. The number of nitrogens with zero attached hydrogens (tertiary/aromatic N) is 2. The molecule has 2 aromatic rings. The SMILES string of the molecule is Cc1ccc(CN(C)C(=O)c2ccc(Cl)c(S(=O)(=O)N3CCOCC3)c2)cc1. The van der Waals surface area contributed by atoms with Gasteiger partial charge >= 0.3 is 0 Å². The van der Waals surface area contributed by atoms with Crippen LogP contribution in [0.2, 0.25) is 5.02 Å². The first-order valence-electron chi connectivity index (χ1n) is 8.97. The number of aryl methyl sites for hydroxylation is 1. The molecule has 0 spiro atoms. The predicted octanol–water partition coefficient (Wildman–Crippen LogP) is 2.94. The molecule has 0 bridgehead atoms. The first kappa shape index (κ1) is 20.8. The van der Waals surface area contributed by atoms with E-state index in [4.69, 9.17) is 16.3 Å². The molecule has 0 unspecified atom stereocenters. The van der Waals surface area contributed by atoms with Gasteiger partial charge in [-0.3, -0.25) is 4.79 Å². The topological polar surface area (TPSA) is 66.9 Å². The molecule has 1 aliphatic rings. The number of sulfonamides is 1. The Hall–Kier alpha value is -1.93. The molecule has 2 aromatic carbocycles. The molecule has 28 heavy (non-hydrogen) atoms. The first-order chi connectivity index (χ1) is 13.3. The van der Waals surface area contributed by atoms with E-state index in [0.29, 0.717) is 19.8 Å². The van der Waals surface area contributed by atoms with Crippen LogP contribution in [0, 0.1) is 6.92 Å². The minimum atomic E-state index is -3.79. The van der Waals surface area contributed by atoms with Crippen molar-refractivity contribution in [2.45, 2.75) is 18.4 Å². The molecule has 0 N–H and O–H groups in total. The molecule has 3 rings (SSSR count). The lowest BCUT2D eigenvalue weighted by Gasteiger charge is -2.26. The molecule has 1 amide bonds. The summed E-state index contributed by atoms with van der Waals surface area (Å²) >= 11 is 6.17. The molecule has 0 aromatic heterocycles. The third-order valence-electron chi connectivity index (χ3n) is 4.65. The first-order valence-corrected chi connectivity index (χ1v) is 10.8. The number of morpholine rings is 1. The molecule has 0 aliphatic carbocycles. The Morgan fingerprint density at radius 3 is 2.43 bits per heavy atom. The average molecular weight is 423 g/mol. The Bertz CT molecular complexity index is 955. The van der Waals surface area contributed by atoms with E-state index in [1.54, 1.807) is 18.0 Å². The van der Waals surface area contributed by atoms with Gasteiger partial charge in [0.1, 0.15) is 4.90 Å². The van der Waals surface area contributed by atoms with Crippen molar-refractivity contribution in [2.75, 3.05) is 33.4 Å². The maximum Gasteiger partial charge on any atom is 0.253 e. The Kier molecular flexibility index (Phi) is 6.40. The number of hydrogen-bond acceptors (Lipinski definition) is 4. The van der Waals surface area contributed by atoms with Gasteiger partial charge in [0.25, 0.3) is 5.91 Å². The van der Waals surface area contributed by atoms with Gasteiger partial charge in [-0.1, -0.05) is 41.4 Å². The lowest BCUT2D eigenvalue weighted by molar-refractivity contribution is 0.0730. The van der Waals surface area contributed by atoms with Crippen molar-refractivity contribution in [3.8, 4) is 0 Å². The zero-order chi connectivity index (χ0) is 20.3. The van der Waals surface area contributed by atoms with Crippen LogP contribution in [-0.4, -0.2) is 56.9 Å². The van der Waals surface area contributed by atoms with Crippen LogP contribution in [0.5, 0.6) is 0 Å². The number of rotatable bonds is 5. The molecular weight excluding hydrogens is 400 g/mol. The summed E-state index contributed by atoms with van der Waals surface area (Å²) in [4.78, 5) is 14.3. The smallest absolute Gasteiger partial charge is 0.253 e. The van der Waals surface area contributed by atoms with Gasteiger partial charge in [0, 0.05) is 32.2 Å². The Morgan fingerprint density at radius 2 is 1.79 bits per heavy atom. The van der Waals surface area contributed by atoms with Crippen molar-refractivity contribution in [3.05, 3.63) is 64.2 Å². The summed E-state index contributed by atoms with van der Waals surface area (Å²) in [5, 5.41) is 0.101. The summed E-state index contributed by atoms with van der Waals surface area (Å²) < 4.78 is 32.4. The second-order valence-electron chi connectivity index (χ2n) is 6.81. The fourth-order valence-corrected chi connectivity index (χ4v) is 4.93. The van der Waals surface area contributed by atoms with E-state index in [1.807, 2.05) is 31.2 Å². The number of ether oxygens (including phenoxy) is 1. The third kappa shape index (κ3) is 4.55. The predicted molar refractivity (Wildman–Crippen MR) is 108 cm³/mol. The minimum absolute atomic E-state index is 0.0503. The lowest BCUT2D eigenvalue weighted by Crippen LogP contribution is -2.40. The fourth-order valence-electron chi connectivity index (χ4n) is 3.02. The van der Waals surface area contributed by atoms with E-state index in [9.17, 15) is 13.2 Å². The third-order valence-corrected chi connectivity index (χ3v) is 7.03. The van der Waals surface area contributed by atoms with Crippen molar-refractivity contribution >= 4 is 27.5 Å². The summed E-state index contributed by atoms with van der Waals surface area (Å²) in [5.74, 6) is -0.268. The van der Waals surface area contributed by atoms with Crippen molar-refractivity contribution < 1.29 is 17.9 Å². The van der Waals surface area contributed by atoms with Crippen LogP contribution in [0.1, 0.15) is 21.5 Å². The number of benzene rings is 2. The number of halogens is 1. The second-order valence-corrected chi connectivity index (χ2v) is 9.12. The molecule has 1 saturated heterocycles. The highest BCUT2D eigenvalue weighted by atomic mass is 35.5. The normalized spacial score (nSPS) is 15.4. The highest BCUT2D eigenvalue weighted by Gasteiger charge is 2.29. The van der Waals surface area contributed by atoms with Crippen molar-refractivity contribution in [1.82, 2.24) is 9.21 Å². The molecule has 150 valence electrons. The van der Waals surface area contributed by atoms with Crippen LogP contribution in [0.3, 0.4) is 0 Å². The van der Waals surface area contributed by atoms with Gasteiger partial charge in [-0.2, -0.15) is 4.31 Å². The Balaban J connectivity index is 1.83. The summed E-state index contributed by atoms with van der Waals surface area (Å²) in [6, 6.07) is 12.3. The van der Waals surface area contributed by atoms with Crippen molar-refractivity contribution in [3.63, 3.8) is 0 Å². The van der Waals surface area contributed by atoms with Crippen LogP contribution in [0.15, 0.2) is 47.4 Å². The molecule has 6 nitrogen and oxygen atoms in total. The molecule has 1 aliphatic heterocycles. The van der Waals surface area contributed by atoms with E-state index >= 15 is 0 Å². The number of hydrogen-bond donors (Lipinski definition) is 0. The molecule has 8 heteroatoms. The fraction of sp³-hybridized carbons (Fsp3) is 0.350. The Labute approximate surface area is 170 Å². The highest BCUT2D eigenvalue weighted by molar-refractivity contribution is 7.89. The van der Waals surface area contributed by atoms with E-state index in [1.165, 1.54) is 16.4 Å². The number of amides is 1. The maximum atomic E-state index is 12.9. The quantitative estimate of drug-likeness (QED) is 0.743. The highest BCUT2D eigenvalue weighted by Crippen LogP contribution is 2.27. The van der Waals surface area contributed by atoms with Gasteiger partial charge in [-0.15, -0.1) is 0 Å². The number of carbonyl (C=O) groups is 1. The number of carbonyl (C=O) groups excluding carboxylic acids is 1. The van der Waals surface area contributed by atoms with E-state index in [-0.39, 0.29) is 34.5 Å². The standard InChI is InChI=1S/C20H23ClN2O4S/c1-15-3-5-16(6-4-15)14-22(2)20(24)17-7-8-18(21)19(13-17)28(25,26)23-9-11-27-12-10-23/h3-8,13H,9-12,14H2,1-2H3. The average Bonchev–Trinajstić information content (AvgIpc) is 2.70. The van der Waals surface area contributed by atoms with Crippen LogP contribution in [0.25, 0.3) is 0 Å². The largest absolute Gasteiger partial charge is 0.379 e. The summed E-state index contributed by atoms with van der Waals surface area (Å²) in [7, 11) is -2.10. The van der Waals surface area contributed by atoms with E-state index in [0.717, 1.165) is 11.1 Å². The molecule has 0 saturated carbocycles. The Morgan fingerprint density at radius 1 is 1.14 bits per heavy atom. The molecular formula is C20H23ClN2O4S. The maximum absolute atomic E-state index is 12.9. The van der Waals surface area contributed by atoms with Gasteiger partial charge in [0.05, 0.1) is 18.2 Å². The molecule has 0 atom stereocenters. The van der Waals surface area contributed by atoms with Crippen LogP contribution >= 0.6 is 11.6 Å². The van der Waals surface area contributed by atoms with Gasteiger partial charge in [-0.25, -0.2) is 8.42 Å². The second kappa shape index (κ2) is 8.61.